The normalized spacial score (nSPS) is 13.8. The summed E-state index contributed by atoms with van der Waals surface area (Å²) in [4.78, 5) is 47.8. The van der Waals surface area contributed by atoms with E-state index < -0.39 is 5.69 Å². The smallest absolute Gasteiger partial charge is 0.332 e. The van der Waals surface area contributed by atoms with Crippen molar-refractivity contribution in [3.8, 4) is 11.5 Å². The Kier molecular flexibility index (Phi) is 8.36. The minimum Gasteiger partial charge on any atom is -0.457 e. The molecule has 0 aliphatic carbocycles. The minimum absolute atomic E-state index is 0.101. The van der Waals surface area contributed by atoms with E-state index in [1.165, 1.54) is 11.6 Å². The minimum atomic E-state index is -0.420. The van der Waals surface area contributed by atoms with E-state index in [0.717, 1.165) is 20.4 Å². The zero-order valence-electron chi connectivity index (χ0n) is 24.4. The number of anilines is 2. The number of carbonyl (C=O) groups is 1. The summed E-state index contributed by atoms with van der Waals surface area (Å²) < 4.78 is 11.2. The van der Waals surface area contributed by atoms with Gasteiger partial charge in [0.05, 0.1) is 13.1 Å². The zero-order valence-corrected chi connectivity index (χ0v) is 26.0. The maximum atomic E-state index is 13.3. The molecule has 0 atom stereocenters. The third kappa shape index (κ3) is 6.17. The molecule has 0 unspecified atom stereocenters. The number of carbonyl (C=O) groups excluding carboxylic acids is 1. The van der Waals surface area contributed by atoms with E-state index in [1.807, 2.05) is 83.4 Å². The quantitative estimate of drug-likeness (QED) is 0.271. The number of amides is 1. The van der Waals surface area contributed by atoms with E-state index in [9.17, 15) is 14.4 Å². The number of benzene rings is 3. The molecule has 3 heterocycles. The van der Waals surface area contributed by atoms with Crippen LogP contribution in [0.15, 0.2) is 92.9 Å². The molecule has 6 rings (SSSR count). The van der Waals surface area contributed by atoms with Gasteiger partial charge in [-0.2, -0.15) is 4.98 Å². The summed E-state index contributed by atoms with van der Waals surface area (Å²) in [6, 6.07) is 24.7. The van der Waals surface area contributed by atoms with Gasteiger partial charge in [-0.25, -0.2) is 4.79 Å². The number of aromatic nitrogens is 4. The van der Waals surface area contributed by atoms with Crippen LogP contribution in [-0.2, 0) is 25.4 Å². The fourth-order valence-corrected chi connectivity index (χ4v) is 5.60. The number of aryl methyl sites for hydroxylation is 1. The number of imidazole rings is 1. The van der Waals surface area contributed by atoms with Gasteiger partial charge in [0.2, 0.25) is 11.9 Å². The van der Waals surface area contributed by atoms with Crippen LogP contribution in [0.1, 0.15) is 5.56 Å². The SMILES string of the molecule is Cn1c(=O)c2c(nc(N3CCN(CC(=O)Nc4ccc(Oc5ccccc5)cc4)CC3)n2Cc2ccc(Br)cc2)n(C)c1=O. The Balaban J connectivity index is 1.13. The number of piperazine rings is 1. The summed E-state index contributed by atoms with van der Waals surface area (Å²) in [5.74, 6) is 1.97. The number of ether oxygens (including phenoxy) is 1. The van der Waals surface area contributed by atoms with Crippen molar-refractivity contribution in [2.45, 2.75) is 6.54 Å². The van der Waals surface area contributed by atoms with Crippen LogP contribution < -0.4 is 26.2 Å². The van der Waals surface area contributed by atoms with Crippen LogP contribution in [0.25, 0.3) is 11.2 Å². The first-order valence-electron chi connectivity index (χ1n) is 14.3. The molecular weight excluding hydrogens is 626 g/mol. The maximum absolute atomic E-state index is 13.3. The van der Waals surface area contributed by atoms with Crippen molar-refractivity contribution in [1.29, 1.82) is 0 Å². The zero-order chi connectivity index (χ0) is 30.8. The predicted molar refractivity (Wildman–Crippen MR) is 174 cm³/mol. The van der Waals surface area contributed by atoms with Gasteiger partial charge in [-0.1, -0.05) is 46.3 Å². The first-order valence-corrected chi connectivity index (χ1v) is 15.1. The lowest BCUT2D eigenvalue weighted by atomic mass is 10.2. The van der Waals surface area contributed by atoms with Gasteiger partial charge in [-0.3, -0.25) is 28.2 Å². The standard InChI is InChI=1S/C32H32BrN7O4/c1-36-29-28(30(42)37(2)32(36)43)40(20-22-8-10-23(33)11-9-22)31(35-29)39-18-16-38(17-19-39)21-27(41)34-24-12-14-26(15-13-24)44-25-6-4-3-5-7-25/h3-15H,16-21H2,1-2H3,(H,34,41). The van der Waals surface area contributed by atoms with E-state index in [4.69, 9.17) is 9.72 Å². The highest BCUT2D eigenvalue weighted by atomic mass is 79.9. The van der Waals surface area contributed by atoms with Gasteiger partial charge in [0.25, 0.3) is 5.56 Å². The van der Waals surface area contributed by atoms with Crippen LogP contribution >= 0.6 is 15.9 Å². The summed E-state index contributed by atoms with van der Waals surface area (Å²) in [7, 11) is 3.11. The van der Waals surface area contributed by atoms with Crippen LogP contribution in [-0.4, -0.2) is 62.2 Å². The molecule has 0 saturated carbocycles. The van der Waals surface area contributed by atoms with Gasteiger partial charge in [0.15, 0.2) is 11.2 Å². The number of fused-ring (bicyclic) bond motifs is 1. The fourth-order valence-electron chi connectivity index (χ4n) is 5.34. The van der Waals surface area contributed by atoms with Crippen molar-refractivity contribution in [2.75, 3.05) is 42.9 Å². The van der Waals surface area contributed by atoms with Crippen molar-refractivity contribution >= 4 is 44.6 Å². The van der Waals surface area contributed by atoms with Gasteiger partial charge < -0.3 is 15.0 Å². The molecule has 1 N–H and O–H groups in total. The third-order valence-electron chi connectivity index (χ3n) is 7.72. The number of para-hydroxylation sites is 1. The van der Waals surface area contributed by atoms with Crippen LogP contribution in [0.4, 0.5) is 11.6 Å². The van der Waals surface area contributed by atoms with Crippen molar-refractivity contribution in [3.05, 3.63) is 110 Å². The summed E-state index contributed by atoms with van der Waals surface area (Å²) in [5, 5.41) is 2.97. The van der Waals surface area contributed by atoms with E-state index in [2.05, 4.69) is 31.0 Å². The monoisotopic (exact) mass is 657 g/mol. The molecule has 1 aliphatic heterocycles. The van der Waals surface area contributed by atoms with Crippen molar-refractivity contribution in [3.63, 3.8) is 0 Å². The lowest BCUT2D eigenvalue weighted by molar-refractivity contribution is -0.117. The lowest BCUT2D eigenvalue weighted by Gasteiger charge is -2.35. The molecule has 2 aromatic heterocycles. The number of rotatable bonds is 8. The van der Waals surface area contributed by atoms with Crippen molar-refractivity contribution < 1.29 is 9.53 Å². The molecule has 0 radical (unpaired) electrons. The highest BCUT2D eigenvalue weighted by Gasteiger charge is 2.26. The highest BCUT2D eigenvalue weighted by molar-refractivity contribution is 9.10. The molecule has 3 aromatic carbocycles. The average molecular weight is 659 g/mol. The molecule has 12 heteroatoms. The Labute approximate surface area is 262 Å². The second-order valence-corrected chi connectivity index (χ2v) is 11.7. The van der Waals surface area contributed by atoms with Gasteiger partial charge in [-0.15, -0.1) is 0 Å². The molecule has 44 heavy (non-hydrogen) atoms. The Morgan fingerprint density at radius 2 is 1.52 bits per heavy atom. The Morgan fingerprint density at radius 1 is 0.864 bits per heavy atom. The number of hydrogen-bond acceptors (Lipinski definition) is 7. The summed E-state index contributed by atoms with van der Waals surface area (Å²) in [5.41, 5.74) is 1.63. The van der Waals surface area contributed by atoms with Crippen LogP contribution in [0.2, 0.25) is 0 Å². The second-order valence-electron chi connectivity index (χ2n) is 10.8. The molecule has 11 nitrogen and oxygen atoms in total. The molecule has 0 bridgehead atoms. The largest absolute Gasteiger partial charge is 0.457 e. The van der Waals surface area contributed by atoms with Gasteiger partial charge in [0.1, 0.15) is 11.5 Å². The van der Waals surface area contributed by atoms with Crippen LogP contribution in [0.3, 0.4) is 0 Å². The van der Waals surface area contributed by atoms with E-state index in [0.29, 0.717) is 61.3 Å². The summed E-state index contributed by atoms with van der Waals surface area (Å²) in [6.45, 7) is 3.16. The number of halogens is 1. The maximum Gasteiger partial charge on any atom is 0.332 e. The van der Waals surface area contributed by atoms with Crippen LogP contribution in [0, 0.1) is 0 Å². The first-order chi connectivity index (χ1) is 21.3. The first kappa shape index (κ1) is 29.4. The van der Waals surface area contributed by atoms with Crippen molar-refractivity contribution in [1.82, 2.24) is 23.6 Å². The molecule has 5 aromatic rings. The Morgan fingerprint density at radius 3 is 2.20 bits per heavy atom. The molecule has 1 aliphatic rings. The molecule has 1 saturated heterocycles. The van der Waals surface area contributed by atoms with Crippen molar-refractivity contribution in [2.24, 2.45) is 14.1 Å². The highest BCUT2D eigenvalue weighted by Crippen LogP contribution is 2.24. The number of hydrogen-bond donors (Lipinski definition) is 1. The van der Waals surface area contributed by atoms with Gasteiger partial charge in [0, 0.05) is 50.4 Å². The summed E-state index contributed by atoms with van der Waals surface area (Å²) >= 11 is 3.48. The van der Waals surface area contributed by atoms with E-state index >= 15 is 0 Å². The molecule has 1 fully saturated rings. The Bertz CT molecular complexity index is 1910. The molecule has 1 amide bonds. The van der Waals surface area contributed by atoms with Gasteiger partial charge >= 0.3 is 5.69 Å². The predicted octanol–water partition coefficient (Wildman–Crippen LogP) is 3.80. The van der Waals surface area contributed by atoms with E-state index in [-0.39, 0.29) is 18.0 Å². The number of nitrogens with zero attached hydrogens (tertiary/aromatic N) is 6. The molecular formula is C32H32BrN7O4. The third-order valence-corrected chi connectivity index (χ3v) is 8.25. The molecule has 226 valence electrons. The second kappa shape index (κ2) is 12.5. The number of nitrogens with one attached hydrogen (secondary N) is 1. The summed E-state index contributed by atoms with van der Waals surface area (Å²) in [6.07, 6.45) is 0. The average Bonchev–Trinajstić information content (AvgIpc) is 3.41. The van der Waals surface area contributed by atoms with Gasteiger partial charge in [-0.05, 0) is 54.1 Å². The molecule has 0 spiro atoms. The Hall–Kier alpha value is -4.68. The topological polar surface area (TPSA) is 107 Å². The van der Waals surface area contributed by atoms with Crippen LogP contribution in [0.5, 0.6) is 11.5 Å². The van der Waals surface area contributed by atoms with E-state index in [1.54, 1.807) is 7.05 Å². The fraction of sp³-hybridized carbons (Fsp3) is 0.250. The lowest BCUT2D eigenvalue weighted by Crippen LogP contribution is -2.49.